The predicted molar refractivity (Wildman–Crippen MR) is 135 cm³/mol. The maximum Gasteiger partial charge on any atom is 0.418 e. The van der Waals surface area contributed by atoms with Gasteiger partial charge in [0.2, 0.25) is 0 Å². The molecule has 7 nitrogen and oxygen atoms in total. The summed E-state index contributed by atoms with van der Waals surface area (Å²) in [7, 11) is 0. The number of amides is 2. The van der Waals surface area contributed by atoms with Crippen LogP contribution in [0.25, 0.3) is 11.0 Å². The second-order valence-corrected chi connectivity index (χ2v) is 9.46. The number of hydrogen-bond donors (Lipinski definition) is 1. The number of hydrogen-bond acceptors (Lipinski definition) is 5. The zero-order valence-electron chi connectivity index (χ0n) is 20.1. The molecule has 0 radical (unpaired) electrons. The number of pyridine rings is 1. The largest absolute Gasteiger partial charge is 0.418 e. The van der Waals surface area contributed by atoms with Crippen molar-refractivity contribution >= 4 is 34.4 Å². The van der Waals surface area contributed by atoms with Gasteiger partial charge in [-0.1, -0.05) is 23.7 Å². The minimum Gasteiger partial charge on any atom is -0.347 e. The molecule has 2 atom stereocenters. The summed E-state index contributed by atoms with van der Waals surface area (Å²) in [5.74, 6) is -2.34. The first-order chi connectivity index (χ1) is 18.6. The Bertz CT molecular complexity index is 1550. The Hall–Kier alpha value is -4.12. The first-order valence-electron chi connectivity index (χ1n) is 11.9. The minimum atomic E-state index is -4.77. The fraction of sp³-hybridized carbons (Fsp3) is 0.222. The summed E-state index contributed by atoms with van der Waals surface area (Å²) in [5, 5.41) is 2.93. The molecule has 2 aromatic heterocycles. The monoisotopic (exact) mass is 557 g/mol. The highest BCUT2D eigenvalue weighted by molar-refractivity contribution is 6.35. The third kappa shape index (κ3) is 5.53. The molecule has 0 saturated carbocycles. The van der Waals surface area contributed by atoms with Crippen LogP contribution >= 0.6 is 11.6 Å². The quantitative estimate of drug-likeness (QED) is 0.346. The first kappa shape index (κ1) is 26.5. The van der Waals surface area contributed by atoms with Crippen molar-refractivity contribution in [3.05, 3.63) is 100 Å². The average molecular weight is 558 g/mol. The molecular formula is C27H20ClF4N5O2. The number of alkyl halides is 3. The van der Waals surface area contributed by atoms with Gasteiger partial charge in [-0.25, -0.2) is 4.39 Å². The van der Waals surface area contributed by atoms with E-state index in [4.69, 9.17) is 11.6 Å². The molecule has 5 rings (SSSR count). The number of carbonyl (C=O) groups is 2. The van der Waals surface area contributed by atoms with E-state index in [1.54, 1.807) is 11.0 Å². The Balaban J connectivity index is 1.43. The highest BCUT2D eigenvalue weighted by Crippen LogP contribution is 2.33. The third-order valence-electron chi connectivity index (χ3n) is 6.62. The summed E-state index contributed by atoms with van der Waals surface area (Å²) in [5.41, 5.74) is -0.0937. The molecule has 0 unspecified atom stereocenters. The van der Waals surface area contributed by atoms with Gasteiger partial charge in [-0.05, 0) is 48.4 Å². The number of likely N-dealkylation sites (tertiary alicyclic amines) is 1. The minimum absolute atomic E-state index is 0.111. The summed E-state index contributed by atoms with van der Waals surface area (Å²) >= 11 is 6.33. The lowest BCUT2D eigenvalue weighted by Crippen LogP contribution is -2.51. The topological polar surface area (TPSA) is 88.1 Å². The van der Waals surface area contributed by atoms with Crippen LogP contribution in [0, 0.1) is 5.82 Å². The van der Waals surface area contributed by atoms with Gasteiger partial charge in [0.05, 0.1) is 16.1 Å². The smallest absolute Gasteiger partial charge is 0.347 e. The number of halogens is 5. The highest BCUT2D eigenvalue weighted by atomic mass is 35.5. The van der Waals surface area contributed by atoms with Crippen molar-refractivity contribution in [3.63, 3.8) is 0 Å². The summed E-state index contributed by atoms with van der Waals surface area (Å²) in [4.78, 5) is 40.0. The number of fused-ring (bicyclic) bond motifs is 1. The normalized spacial score (nSPS) is 17.7. The van der Waals surface area contributed by atoms with Gasteiger partial charge in [-0.15, -0.1) is 0 Å². The van der Waals surface area contributed by atoms with Crippen molar-refractivity contribution in [2.24, 2.45) is 0 Å². The summed E-state index contributed by atoms with van der Waals surface area (Å²) in [6.07, 6.45) is -0.447. The van der Waals surface area contributed by atoms with Crippen molar-refractivity contribution in [1.29, 1.82) is 0 Å². The van der Waals surface area contributed by atoms with Gasteiger partial charge in [-0.3, -0.25) is 24.5 Å². The van der Waals surface area contributed by atoms with E-state index < -0.39 is 41.1 Å². The molecule has 4 aromatic rings. The van der Waals surface area contributed by atoms with Gasteiger partial charge >= 0.3 is 6.18 Å². The van der Waals surface area contributed by atoms with Crippen LogP contribution in [0.1, 0.15) is 44.3 Å². The number of aromatic nitrogens is 3. The average Bonchev–Trinajstić information content (AvgIpc) is 2.93. The van der Waals surface area contributed by atoms with Gasteiger partial charge in [0, 0.05) is 49.2 Å². The number of nitrogens with one attached hydrogen (secondary N) is 1. The Morgan fingerprint density at radius 3 is 2.49 bits per heavy atom. The maximum atomic E-state index is 13.7. The van der Waals surface area contributed by atoms with E-state index >= 15 is 0 Å². The van der Waals surface area contributed by atoms with Crippen LogP contribution in [0.3, 0.4) is 0 Å². The molecule has 3 heterocycles. The van der Waals surface area contributed by atoms with Gasteiger partial charge < -0.3 is 10.2 Å². The van der Waals surface area contributed by atoms with Crippen LogP contribution in [0.15, 0.2) is 67.1 Å². The van der Waals surface area contributed by atoms with Gasteiger partial charge in [-0.2, -0.15) is 13.2 Å². The van der Waals surface area contributed by atoms with Crippen molar-refractivity contribution in [3.8, 4) is 0 Å². The second kappa shape index (κ2) is 10.6. The zero-order valence-corrected chi connectivity index (χ0v) is 20.9. The Kier molecular flexibility index (Phi) is 7.17. The van der Waals surface area contributed by atoms with Crippen molar-refractivity contribution in [1.82, 2.24) is 25.2 Å². The molecular weight excluding hydrogens is 538 g/mol. The Labute approximate surface area is 224 Å². The molecule has 39 heavy (non-hydrogen) atoms. The molecule has 1 saturated heterocycles. The van der Waals surface area contributed by atoms with E-state index in [0.29, 0.717) is 16.6 Å². The number of rotatable bonds is 4. The van der Waals surface area contributed by atoms with Crippen molar-refractivity contribution < 1.29 is 27.2 Å². The van der Waals surface area contributed by atoms with Crippen LogP contribution in [-0.2, 0) is 6.18 Å². The van der Waals surface area contributed by atoms with Crippen molar-refractivity contribution in [2.75, 3.05) is 13.1 Å². The molecule has 12 heteroatoms. The van der Waals surface area contributed by atoms with Gasteiger partial charge in [0.1, 0.15) is 17.0 Å². The molecule has 0 bridgehead atoms. The predicted octanol–water partition coefficient (Wildman–Crippen LogP) is 5.26. The van der Waals surface area contributed by atoms with Crippen molar-refractivity contribution in [2.45, 2.75) is 24.6 Å². The van der Waals surface area contributed by atoms with Gasteiger partial charge in [0.25, 0.3) is 11.8 Å². The fourth-order valence-electron chi connectivity index (χ4n) is 4.75. The van der Waals surface area contributed by atoms with Crippen LogP contribution in [0.2, 0.25) is 5.02 Å². The fourth-order valence-corrected chi connectivity index (χ4v) is 5.01. The molecule has 2 aromatic carbocycles. The van der Waals surface area contributed by atoms with Gasteiger partial charge in [0.15, 0.2) is 0 Å². The molecule has 1 N–H and O–H groups in total. The first-order valence-corrected chi connectivity index (χ1v) is 12.3. The number of carbonyl (C=O) groups excluding carboxylic acids is 2. The van der Waals surface area contributed by atoms with Crippen LogP contribution < -0.4 is 5.32 Å². The molecule has 1 fully saturated rings. The van der Waals surface area contributed by atoms with Crippen LogP contribution in [-0.4, -0.2) is 50.8 Å². The molecule has 0 spiro atoms. The standard InChI is InChI=1S/C27H20ClF4N5O2/c28-20-12-16(13-22-24(20)35-10-9-33-22)26(39)37-11-7-21(18(14-37)15-3-5-17(29)6-4-15)36-25(38)23-19(27(30,31)32)2-1-8-34-23/h1-6,8-10,12-13,18,21H,7,11,14H2,(H,36,38)/t18-,21-/m1/s1. The van der Waals surface area contributed by atoms with E-state index in [1.807, 2.05) is 0 Å². The van der Waals surface area contributed by atoms with E-state index in [1.165, 1.54) is 42.7 Å². The summed E-state index contributed by atoms with van der Waals surface area (Å²) in [6.45, 7) is 0.311. The molecule has 0 aliphatic carbocycles. The third-order valence-corrected chi connectivity index (χ3v) is 6.91. The maximum absolute atomic E-state index is 13.7. The molecule has 200 valence electrons. The van der Waals surface area contributed by atoms with E-state index in [9.17, 15) is 27.2 Å². The lowest BCUT2D eigenvalue weighted by Gasteiger charge is -2.39. The lowest BCUT2D eigenvalue weighted by atomic mass is 9.85. The summed E-state index contributed by atoms with van der Waals surface area (Å²) < 4.78 is 54.1. The lowest BCUT2D eigenvalue weighted by molar-refractivity contribution is -0.138. The Morgan fingerprint density at radius 2 is 1.74 bits per heavy atom. The molecule has 1 aliphatic heterocycles. The molecule has 1 aliphatic rings. The Morgan fingerprint density at radius 1 is 1.00 bits per heavy atom. The number of nitrogens with zero attached hydrogens (tertiary/aromatic N) is 4. The summed E-state index contributed by atoms with van der Waals surface area (Å²) in [6, 6.07) is 9.87. The van der Waals surface area contributed by atoms with E-state index in [0.717, 1.165) is 18.3 Å². The van der Waals surface area contributed by atoms with Crippen LogP contribution in [0.4, 0.5) is 17.6 Å². The van der Waals surface area contributed by atoms with E-state index in [-0.39, 0.29) is 36.0 Å². The SMILES string of the molecule is O=C(N[C@@H]1CCN(C(=O)c2cc(Cl)c3nccnc3c2)C[C@@H]1c1ccc(F)cc1)c1ncccc1C(F)(F)F. The molecule has 2 amide bonds. The van der Waals surface area contributed by atoms with E-state index in [2.05, 4.69) is 20.3 Å². The second-order valence-electron chi connectivity index (χ2n) is 9.06. The number of piperidine rings is 1. The van der Waals surface area contributed by atoms with Crippen LogP contribution in [0.5, 0.6) is 0 Å². The zero-order chi connectivity index (χ0) is 27.7. The number of benzene rings is 2. The highest BCUT2D eigenvalue weighted by Gasteiger charge is 2.38.